The molecule has 3 N–H and O–H groups in total. The lowest BCUT2D eigenvalue weighted by molar-refractivity contribution is 0.0763. The first-order valence-electron chi connectivity index (χ1n) is 7.20. The molecule has 2 aromatic carbocycles. The van der Waals surface area contributed by atoms with Gasteiger partial charge in [-0.25, -0.2) is 0 Å². The lowest BCUT2D eigenvalue weighted by Gasteiger charge is -2.20. The Morgan fingerprint density at radius 1 is 0.952 bits per heavy atom. The van der Waals surface area contributed by atoms with Crippen LogP contribution >= 0.6 is 0 Å². The summed E-state index contributed by atoms with van der Waals surface area (Å²) in [5.74, 6) is 5.43. The van der Waals surface area contributed by atoms with Crippen LogP contribution in [0.4, 0.5) is 5.69 Å². The van der Waals surface area contributed by atoms with E-state index in [1.54, 1.807) is 0 Å². The number of benzene rings is 2. The third-order valence-electron chi connectivity index (χ3n) is 4.01. The topological polar surface area (TPSA) is 58.4 Å². The fourth-order valence-electron chi connectivity index (χ4n) is 2.76. The molecule has 0 radical (unpaired) electrons. The number of nitrogens with two attached hydrogens (primary N) is 1. The van der Waals surface area contributed by atoms with Gasteiger partial charge in [-0.1, -0.05) is 24.3 Å². The molecule has 1 aliphatic heterocycles. The van der Waals surface area contributed by atoms with E-state index in [1.807, 2.05) is 29.2 Å². The van der Waals surface area contributed by atoms with Crippen LogP contribution in [0, 0.1) is 0 Å². The van der Waals surface area contributed by atoms with Gasteiger partial charge in [-0.15, -0.1) is 0 Å². The molecule has 0 aromatic heterocycles. The van der Waals surface area contributed by atoms with Crippen LogP contribution in [0.15, 0.2) is 48.5 Å². The summed E-state index contributed by atoms with van der Waals surface area (Å²) in [5, 5.41) is 0. The van der Waals surface area contributed by atoms with Crippen molar-refractivity contribution in [2.45, 2.75) is 12.8 Å². The number of hydrogen-bond donors (Lipinski definition) is 2. The Bertz CT molecular complexity index is 610. The first-order valence-corrected chi connectivity index (χ1v) is 7.20. The number of nitrogens with one attached hydrogen (secondary N) is 1. The predicted octanol–water partition coefficient (Wildman–Crippen LogP) is 2.21. The maximum atomic E-state index is 12.6. The quantitative estimate of drug-likeness (QED) is 0.655. The van der Waals surface area contributed by atoms with E-state index in [0.717, 1.165) is 31.6 Å². The molecule has 4 nitrogen and oxygen atoms in total. The van der Waals surface area contributed by atoms with E-state index in [2.05, 4.69) is 29.7 Å². The lowest BCUT2D eigenvalue weighted by Crippen LogP contribution is -2.33. The maximum Gasteiger partial charge on any atom is 0.253 e. The van der Waals surface area contributed by atoms with Crippen LogP contribution in [-0.4, -0.2) is 23.9 Å². The zero-order chi connectivity index (χ0) is 14.7. The number of fused-ring (bicyclic) bond motifs is 1. The van der Waals surface area contributed by atoms with Crippen molar-refractivity contribution in [2.75, 3.05) is 18.5 Å². The van der Waals surface area contributed by atoms with Gasteiger partial charge in [0.15, 0.2) is 0 Å². The molecule has 0 atom stereocenters. The van der Waals surface area contributed by atoms with E-state index in [0.29, 0.717) is 5.56 Å². The van der Waals surface area contributed by atoms with Gasteiger partial charge in [-0.05, 0) is 48.2 Å². The van der Waals surface area contributed by atoms with E-state index in [1.165, 1.54) is 11.1 Å². The minimum absolute atomic E-state index is 0.0892. The van der Waals surface area contributed by atoms with Gasteiger partial charge in [-0.3, -0.25) is 10.6 Å². The molecule has 0 saturated heterocycles. The zero-order valence-corrected chi connectivity index (χ0v) is 11.9. The molecule has 21 heavy (non-hydrogen) atoms. The highest BCUT2D eigenvalue weighted by Gasteiger charge is 2.19. The van der Waals surface area contributed by atoms with Crippen LogP contribution in [-0.2, 0) is 12.8 Å². The molecule has 0 fully saturated rings. The second-order valence-electron chi connectivity index (χ2n) is 5.28. The summed E-state index contributed by atoms with van der Waals surface area (Å²) in [6, 6.07) is 15.7. The number of nitrogen functional groups attached to an aromatic ring is 1. The normalized spacial score (nSPS) is 14.2. The summed E-state index contributed by atoms with van der Waals surface area (Å²) in [6.45, 7) is 1.54. The third-order valence-corrected chi connectivity index (χ3v) is 4.01. The van der Waals surface area contributed by atoms with Crippen LogP contribution in [0.25, 0.3) is 0 Å². The van der Waals surface area contributed by atoms with Gasteiger partial charge in [0.05, 0.1) is 0 Å². The highest BCUT2D eigenvalue weighted by Crippen LogP contribution is 2.17. The second kappa shape index (κ2) is 5.97. The molecule has 1 heterocycles. The van der Waals surface area contributed by atoms with Gasteiger partial charge in [0, 0.05) is 24.3 Å². The highest BCUT2D eigenvalue weighted by molar-refractivity contribution is 5.94. The first kappa shape index (κ1) is 13.6. The molecule has 1 amide bonds. The van der Waals surface area contributed by atoms with E-state index < -0.39 is 0 Å². The SMILES string of the molecule is NNc1ccc(C(=O)N2CCc3ccccc3CC2)cc1. The molecule has 0 spiro atoms. The van der Waals surface area contributed by atoms with Gasteiger partial charge in [0.25, 0.3) is 5.91 Å². The van der Waals surface area contributed by atoms with Crippen molar-refractivity contribution >= 4 is 11.6 Å². The Labute approximate surface area is 124 Å². The van der Waals surface area contributed by atoms with E-state index >= 15 is 0 Å². The standard InChI is InChI=1S/C17H19N3O/c18-19-16-7-5-15(6-8-16)17(21)20-11-9-13-3-1-2-4-14(13)10-12-20/h1-8,19H,9-12,18H2. The maximum absolute atomic E-state index is 12.6. The smallest absolute Gasteiger partial charge is 0.253 e. The molecule has 0 aliphatic carbocycles. The highest BCUT2D eigenvalue weighted by atomic mass is 16.2. The van der Waals surface area contributed by atoms with Crippen molar-refractivity contribution in [1.29, 1.82) is 0 Å². The number of hydrazine groups is 1. The molecular formula is C17H19N3O. The zero-order valence-electron chi connectivity index (χ0n) is 11.9. The largest absolute Gasteiger partial charge is 0.338 e. The number of amides is 1. The Morgan fingerprint density at radius 3 is 2.05 bits per heavy atom. The van der Waals surface area contributed by atoms with Crippen LogP contribution in [0.1, 0.15) is 21.5 Å². The van der Waals surface area contributed by atoms with Gasteiger partial charge < -0.3 is 10.3 Å². The summed E-state index contributed by atoms with van der Waals surface area (Å²) in [7, 11) is 0. The molecule has 0 saturated carbocycles. The fourth-order valence-corrected chi connectivity index (χ4v) is 2.76. The van der Waals surface area contributed by atoms with Crippen LogP contribution < -0.4 is 11.3 Å². The Kier molecular flexibility index (Phi) is 3.88. The first-order chi connectivity index (χ1) is 10.3. The van der Waals surface area contributed by atoms with Crippen LogP contribution in [0.3, 0.4) is 0 Å². The van der Waals surface area contributed by atoms with E-state index in [4.69, 9.17) is 5.84 Å². The lowest BCUT2D eigenvalue weighted by atomic mass is 10.0. The molecule has 4 heteroatoms. The summed E-state index contributed by atoms with van der Waals surface area (Å²) in [6.07, 6.45) is 1.84. The Morgan fingerprint density at radius 2 is 1.52 bits per heavy atom. The molecule has 0 unspecified atom stereocenters. The number of anilines is 1. The number of nitrogens with zero attached hydrogens (tertiary/aromatic N) is 1. The monoisotopic (exact) mass is 281 g/mol. The third kappa shape index (κ3) is 2.90. The van der Waals surface area contributed by atoms with Crippen molar-refractivity contribution in [3.05, 3.63) is 65.2 Å². The number of carbonyl (C=O) groups is 1. The van der Waals surface area contributed by atoms with Crippen LogP contribution in [0.2, 0.25) is 0 Å². The minimum Gasteiger partial charge on any atom is -0.338 e. The predicted molar refractivity (Wildman–Crippen MR) is 84.0 cm³/mol. The molecule has 1 aliphatic rings. The van der Waals surface area contributed by atoms with Gasteiger partial charge in [0.2, 0.25) is 0 Å². The second-order valence-corrected chi connectivity index (χ2v) is 5.28. The van der Waals surface area contributed by atoms with Crippen molar-refractivity contribution in [3.63, 3.8) is 0 Å². The summed E-state index contributed by atoms with van der Waals surface area (Å²) >= 11 is 0. The number of hydrogen-bond acceptors (Lipinski definition) is 3. The van der Waals surface area contributed by atoms with Gasteiger partial charge in [0.1, 0.15) is 0 Å². The molecular weight excluding hydrogens is 262 g/mol. The molecule has 2 aromatic rings. The van der Waals surface area contributed by atoms with E-state index in [-0.39, 0.29) is 5.91 Å². The number of rotatable bonds is 2. The van der Waals surface area contributed by atoms with Gasteiger partial charge >= 0.3 is 0 Å². The van der Waals surface area contributed by atoms with Gasteiger partial charge in [-0.2, -0.15) is 0 Å². The summed E-state index contributed by atoms with van der Waals surface area (Å²) < 4.78 is 0. The van der Waals surface area contributed by atoms with Crippen molar-refractivity contribution in [3.8, 4) is 0 Å². The average Bonchev–Trinajstić information content (AvgIpc) is 2.77. The van der Waals surface area contributed by atoms with Crippen molar-refractivity contribution < 1.29 is 4.79 Å². The van der Waals surface area contributed by atoms with Crippen molar-refractivity contribution in [2.24, 2.45) is 5.84 Å². The fraction of sp³-hybridized carbons (Fsp3) is 0.235. The van der Waals surface area contributed by atoms with E-state index in [9.17, 15) is 4.79 Å². The molecule has 108 valence electrons. The van der Waals surface area contributed by atoms with Crippen molar-refractivity contribution in [1.82, 2.24) is 4.90 Å². The minimum atomic E-state index is 0.0892. The average molecular weight is 281 g/mol. The van der Waals surface area contributed by atoms with Crippen LogP contribution in [0.5, 0.6) is 0 Å². The Balaban J connectivity index is 1.74. The molecule has 0 bridgehead atoms. The summed E-state index contributed by atoms with van der Waals surface area (Å²) in [4.78, 5) is 14.5. The molecule has 3 rings (SSSR count). The number of carbonyl (C=O) groups excluding carboxylic acids is 1. The summed E-state index contributed by atoms with van der Waals surface area (Å²) in [5.41, 5.74) is 6.79. The Hall–Kier alpha value is -2.33.